The molecule has 0 fully saturated rings. The number of amides is 1. The summed E-state index contributed by atoms with van der Waals surface area (Å²) in [5, 5.41) is 15.0. The zero-order chi connectivity index (χ0) is 25.6. The molecule has 2 rings (SSSR count). The molecule has 184 valence electrons. The fourth-order valence-electron chi connectivity index (χ4n) is 3.93. The van der Waals surface area contributed by atoms with Gasteiger partial charge in [0.05, 0.1) is 14.2 Å². The number of hydrogen-bond acceptors (Lipinski definition) is 5. The van der Waals surface area contributed by atoms with Gasteiger partial charge in [-0.15, -0.1) is 0 Å². The van der Waals surface area contributed by atoms with Crippen LogP contribution in [0.4, 0.5) is 5.69 Å². The molecule has 0 aliphatic carbocycles. The smallest absolute Gasteiger partial charge is 0.325 e. The molecule has 1 atom stereocenters. The highest BCUT2D eigenvalue weighted by Gasteiger charge is 2.23. The van der Waals surface area contributed by atoms with E-state index in [4.69, 9.17) is 14.6 Å². The first-order valence-corrected chi connectivity index (χ1v) is 11.4. The lowest BCUT2D eigenvalue weighted by atomic mass is 9.90. The molecule has 7 heteroatoms. The van der Waals surface area contributed by atoms with Gasteiger partial charge in [-0.25, -0.2) is 0 Å². The zero-order valence-corrected chi connectivity index (χ0v) is 21.3. The molecule has 0 heterocycles. The van der Waals surface area contributed by atoms with Crippen molar-refractivity contribution >= 4 is 23.6 Å². The topological polar surface area (TPSA) is 96.9 Å². The first-order chi connectivity index (χ1) is 16.0. The number of carboxylic acid groups (broad SMARTS) is 1. The molecule has 34 heavy (non-hydrogen) atoms. The van der Waals surface area contributed by atoms with Crippen LogP contribution in [0, 0.1) is 13.8 Å². The molecule has 0 saturated carbocycles. The fourth-order valence-corrected chi connectivity index (χ4v) is 3.93. The molecule has 0 unspecified atom stereocenters. The SMILES string of the molecule is CC/C(=C\c1c(C)c(OC)c(-c2ccc(NC(C)C)cc2)c(C)c1OC)C(=O)N[C@H](C)C(=O)O. The number of methoxy groups -OCH3 is 2. The van der Waals surface area contributed by atoms with E-state index in [1.165, 1.54) is 6.92 Å². The van der Waals surface area contributed by atoms with E-state index in [0.29, 0.717) is 29.5 Å². The molecule has 2 aromatic rings. The monoisotopic (exact) mass is 468 g/mol. The number of carbonyl (C=O) groups is 2. The predicted molar refractivity (Wildman–Crippen MR) is 137 cm³/mol. The van der Waals surface area contributed by atoms with Gasteiger partial charge in [0.1, 0.15) is 17.5 Å². The third kappa shape index (κ3) is 5.90. The molecule has 0 aliphatic heterocycles. The van der Waals surface area contributed by atoms with Gasteiger partial charge in [0.2, 0.25) is 5.91 Å². The maximum absolute atomic E-state index is 12.7. The maximum atomic E-state index is 12.7. The van der Waals surface area contributed by atoms with Crippen molar-refractivity contribution in [1.82, 2.24) is 5.32 Å². The van der Waals surface area contributed by atoms with E-state index >= 15 is 0 Å². The summed E-state index contributed by atoms with van der Waals surface area (Å²) < 4.78 is 11.6. The summed E-state index contributed by atoms with van der Waals surface area (Å²) >= 11 is 0. The molecular formula is C27H36N2O5. The van der Waals surface area contributed by atoms with E-state index in [2.05, 4.69) is 24.5 Å². The van der Waals surface area contributed by atoms with Crippen LogP contribution in [0.2, 0.25) is 0 Å². The summed E-state index contributed by atoms with van der Waals surface area (Å²) in [7, 11) is 3.23. The molecule has 0 saturated heterocycles. The summed E-state index contributed by atoms with van der Waals surface area (Å²) in [4.78, 5) is 23.9. The maximum Gasteiger partial charge on any atom is 0.325 e. The average Bonchev–Trinajstić information content (AvgIpc) is 2.79. The Morgan fingerprint density at radius 1 is 1.00 bits per heavy atom. The van der Waals surface area contributed by atoms with Gasteiger partial charge in [0.25, 0.3) is 0 Å². The van der Waals surface area contributed by atoms with Gasteiger partial charge in [-0.2, -0.15) is 0 Å². The molecule has 0 radical (unpaired) electrons. The van der Waals surface area contributed by atoms with Crippen molar-refractivity contribution < 1.29 is 24.2 Å². The lowest BCUT2D eigenvalue weighted by molar-refractivity contribution is -0.140. The first kappa shape index (κ1) is 26.8. The van der Waals surface area contributed by atoms with Crippen molar-refractivity contribution in [1.29, 1.82) is 0 Å². The molecular weight excluding hydrogens is 432 g/mol. The third-order valence-electron chi connectivity index (χ3n) is 5.68. The quantitative estimate of drug-likeness (QED) is 0.415. The number of aliphatic carboxylic acids is 1. The lowest BCUT2D eigenvalue weighted by Gasteiger charge is -2.22. The van der Waals surface area contributed by atoms with Crippen LogP contribution in [0.3, 0.4) is 0 Å². The van der Waals surface area contributed by atoms with Crippen LogP contribution in [-0.2, 0) is 9.59 Å². The highest BCUT2D eigenvalue weighted by atomic mass is 16.5. The minimum atomic E-state index is -1.09. The second kappa shape index (κ2) is 11.6. The van der Waals surface area contributed by atoms with Gasteiger partial charge in [-0.3, -0.25) is 9.59 Å². The number of rotatable bonds is 10. The molecule has 0 aliphatic rings. The van der Waals surface area contributed by atoms with Gasteiger partial charge < -0.3 is 25.2 Å². The second-order valence-corrected chi connectivity index (χ2v) is 8.54. The number of carbonyl (C=O) groups excluding carboxylic acids is 1. The highest BCUT2D eigenvalue weighted by molar-refractivity contribution is 6.00. The van der Waals surface area contributed by atoms with E-state index in [9.17, 15) is 9.59 Å². The van der Waals surface area contributed by atoms with Crippen molar-refractivity contribution in [2.75, 3.05) is 19.5 Å². The lowest BCUT2D eigenvalue weighted by Crippen LogP contribution is -2.39. The van der Waals surface area contributed by atoms with E-state index < -0.39 is 17.9 Å². The van der Waals surface area contributed by atoms with E-state index in [-0.39, 0.29) is 0 Å². The Morgan fingerprint density at radius 3 is 2.06 bits per heavy atom. The van der Waals surface area contributed by atoms with E-state index in [0.717, 1.165) is 33.5 Å². The summed E-state index contributed by atoms with van der Waals surface area (Å²) in [6.07, 6.45) is 2.18. The number of carboxylic acids is 1. The highest BCUT2D eigenvalue weighted by Crippen LogP contribution is 2.45. The molecule has 2 aromatic carbocycles. The normalized spacial score (nSPS) is 12.3. The van der Waals surface area contributed by atoms with E-state index in [1.807, 2.05) is 45.0 Å². The Kier molecular flexibility index (Phi) is 9.12. The number of benzene rings is 2. The molecule has 7 nitrogen and oxygen atoms in total. The Bertz CT molecular complexity index is 1070. The first-order valence-electron chi connectivity index (χ1n) is 11.4. The van der Waals surface area contributed by atoms with Crippen LogP contribution in [-0.4, -0.2) is 43.3 Å². The number of ether oxygens (including phenoxy) is 2. The van der Waals surface area contributed by atoms with Crippen LogP contribution in [0.5, 0.6) is 11.5 Å². The van der Waals surface area contributed by atoms with Gasteiger partial charge in [0.15, 0.2) is 0 Å². The number of anilines is 1. The van der Waals surface area contributed by atoms with Crippen molar-refractivity contribution in [2.45, 2.75) is 60.0 Å². The van der Waals surface area contributed by atoms with Gasteiger partial charge in [0, 0.05) is 39.6 Å². The van der Waals surface area contributed by atoms with Crippen LogP contribution in [0.15, 0.2) is 29.8 Å². The van der Waals surface area contributed by atoms with Gasteiger partial charge in [-0.1, -0.05) is 19.1 Å². The summed E-state index contributed by atoms with van der Waals surface area (Å²) in [6.45, 7) is 11.4. The van der Waals surface area contributed by atoms with E-state index in [1.54, 1.807) is 20.3 Å². The Balaban J connectivity index is 2.64. The molecule has 0 spiro atoms. The second-order valence-electron chi connectivity index (χ2n) is 8.54. The van der Waals surface area contributed by atoms with Crippen LogP contribution < -0.4 is 20.1 Å². The molecule has 3 N–H and O–H groups in total. The standard InChI is InChI=1S/C27H36N2O5/c1-9-19(26(30)29-18(6)27(31)32)14-22-16(4)25(34-8)23(17(5)24(22)33-7)20-10-12-21(13-11-20)28-15(2)3/h10-15,18,28H,9H2,1-8H3,(H,29,30)(H,31,32)/b19-14+/t18-/m1/s1. The Labute approximate surface area is 202 Å². The van der Waals surface area contributed by atoms with Crippen molar-refractivity contribution in [3.8, 4) is 22.6 Å². The predicted octanol–water partition coefficient (Wildman–Crippen LogP) is 5.19. The minimum Gasteiger partial charge on any atom is -0.496 e. The number of nitrogens with one attached hydrogen (secondary N) is 2. The average molecular weight is 469 g/mol. The molecule has 0 aromatic heterocycles. The minimum absolute atomic E-state index is 0.332. The fraction of sp³-hybridized carbons (Fsp3) is 0.407. The van der Waals surface area contributed by atoms with Crippen molar-refractivity contribution in [3.05, 3.63) is 46.5 Å². The van der Waals surface area contributed by atoms with Crippen LogP contribution in [0.25, 0.3) is 17.2 Å². The van der Waals surface area contributed by atoms with Gasteiger partial charge in [-0.05, 0) is 64.8 Å². The molecule has 1 amide bonds. The summed E-state index contributed by atoms with van der Waals surface area (Å²) in [5.41, 5.74) is 5.84. The summed E-state index contributed by atoms with van der Waals surface area (Å²) in [6, 6.07) is 7.50. The number of hydrogen-bond donors (Lipinski definition) is 3. The van der Waals surface area contributed by atoms with Crippen molar-refractivity contribution in [2.24, 2.45) is 0 Å². The van der Waals surface area contributed by atoms with Gasteiger partial charge >= 0.3 is 5.97 Å². The van der Waals surface area contributed by atoms with Crippen LogP contribution >= 0.6 is 0 Å². The zero-order valence-electron chi connectivity index (χ0n) is 21.3. The molecule has 0 bridgehead atoms. The van der Waals surface area contributed by atoms with Crippen LogP contribution in [0.1, 0.15) is 50.8 Å². The largest absolute Gasteiger partial charge is 0.496 e. The Morgan fingerprint density at radius 2 is 1.59 bits per heavy atom. The Hall–Kier alpha value is -3.48. The van der Waals surface area contributed by atoms with Crippen molar-refractivity contribution in [3.63, 3.8) is 0 Å². The summed E-state index contributed by atoms with van der Waals surface area (Å²) in [5.74, 6) is -0.173. The third-order valence-corrected chi connectivity index (χ3v) is 5.68.